The van der Waals surface area contributed by atoms with Gasteiger partial charge >= 0.3 is 0 Å². The molecule has 1 fully saturated rings. The molecule has 1 nitrogen and oxygen atoms in total. The second-order valence-electron chi connectivity index (χ2n) is 3.91. The van der Waals surface area contributed by atoms with Gasteiger partial charge in [-0.05, 0) is 32.0 Å². The lowest BCUT2D eigenvalue weighted by molar-refractivity contribution is 0.585. The van der Waals surface area contributed by atoms with E-state index >= 15 is 0 Å². The monoisotopic (exact) mass is 225 g/mol. The first-order chi connectivity index (χ1) is 7.31. The molecule has 0 radical (unpaired) electrons. The van der Waals surface area contributed by atoms with Crippen LogP contribution in [0.2, 0.25) is 0 Å². The first-order valence-electron chi connectivity index (χ1n) is 5.39. The van der Waals surface area contributed by atoms with E-state index in [0.717, 1.165) is 4.90 Å². The molecular weight excluding hydrogens is 209 g/mol. The van der Waals surface area contributed by atoms with Crippen molar-refractivity contribution in [3.8, 4) is 0 Å². The predicted octanol–water partition coefficient (Wildman–Crippen LogP) is 3.06. The Labute approximate surface area is 94.5 Å². The maximum Gasteiger partial charge on any atom is 0.136 e. The third-order valence-corrected chi connectivity index (χ3v) is 4.39. The molecule has 0 aliphatic heterocycles. The molecule has 2 rings (SSSR count). The predicted molar refractivity (Wildman–Crippen MR) is 62.7 cm³/mol. The maximum atomic E-state index is 13.4. The highest BCUT2D eigenvalue weighted by Crippen LogP contribution is 2.35. The molecule has 0 aromatic heterocycles. The van der Waals surface area contributed by atoms with Crippen LogP contribution in [0.1, 0.15) is 19.3 Å². The van der Waals surface area contributed by atoms with Crippen molar-refractivity contribution >= 4 is 11.8 Å². The largest absolute Gasteiger partial charge is 0.316 e. The smallest absolute Gasteiger partial charge is 0.136 e. The van der Waals surface area contributed by atoms with E-state index < -0.39 is 0 Å². The molecule has 0 saturated heterocycles. The van der Waals surface area contributed by atoms with Crippen LogP contribution < -0.4 is 5.32 Å². The van der Waals surface area contributed by atoms with Gasteiger partial charge in [0.25, 0.3) is 0 Å². The van der Waals surface area contributed by atoms with E-state index in [-0.39, 0.29) is 5.82 Å². The van der Waals surface area contributed by atoms with Crippen LogP contribution in [0.25, 0.3) is 0 Å². The number of hydrogen-bond donors (Lipinski definition) is 1. The Morgan fingerprint density at radius 3 is 2.87 bits per heavy atom. The number of benzene rings is 1. The fraction of sp³-hybridized carbons (Fsp3) is 0.500. The summed E-state index contributed by atoms with van der Waals surface area (Å²) in [6.45, 7) is 0. The van der Waals surface area contributed by atoms with Crippen LogP contribution in [0, 0.1) is 5.82 Å². The molecule has 0 spiro atoms. The lowest BCUT2D eigenvalue weighted by Gasteiger charge is -2.18. The summed E-state index contributed by atoms with van der Waals surface area (Å²) in [6.07, 6.45) is 3.64. The van der Waals surface area contributed by atoms with E-state index in [1.165, 1.54) is 25.3 Å². The Hall–Kier alpha value is -0.540. The van der Waals surface area contributed by atoms with Gasteiger partial charge in [-0.15, -0.1) is 11.8 Å². The first-order valence-corrected chi connectivity index (χ1v) is 6.27. The molecule has 0 amide bonds. The quantitative estimate of drug-likeness (QED) is 0.848. The van der Waals surface area contributed by atoms with Gasteiger partial charge in [-0.2, -0.15) is 0 Å². The molecule has 82 valence electrons. The molecule has 2 unspecified atom stereocenters. The molecule has 0 heterocycles. The molecule has 1 aromatic rings. The normalized spacial score (nSPS) is 25.7. The minimum Gasteiger partial charge on any atom is -0.316 e. The Kier molecular flexibility index (Phi) is 3.65. The third kappa shape index (κ3) is 2.52. The van der Waals surface area contributed by atoms with Gasteiger partial charge in [0.1, 0.15) is 5.82 Å². The van der Waals surface area contributed by atoms with Crippen molar-refractivity contribution in [3.05, 3.63) is 30.1 Å². The Morgan fingerprint density at radius 2 is 2.13 bits per heavy atom. The highest BCUT2D eigenvalue weighted by Gasteiger charge is 2.27. The van der Waals surface area contributed by atoms with Gasteiger partial charge in [-0.1, -0.05) is 18.6 Å². The second-order valence-corrected chi connectivity index (χ2v) is 5.19. The highest BCUT2D eigenvalue weighted by molar-refractivity contribution is 8.00. The van der Waals surface area contributed by atoms with Gasteiger partial charge in [-0.25, -0.2) is 4.39 Å². The first kappa shape index (κ1) is 11.0. The summed E-state index contributed by atoms with van der Waals surface area (Å²) in [7, 11) is 1.99. The minimum atomic E-state index is -0.0933. The van der Waals surface area contributed by atoms with Crippen molar-refractivity contribution in [2.45, 2.75) is 35.4 Å². The molecule has 1 aliphatic carbocycles. The summed E-state index contributed by atoms with van der Waals surface area (Å²) in [4.78, 5) is 0.782. The van der Waals surface area contributed by atoms with E-state index in [0.29, 0.717) is 11.3 Å². The maximum absolute atomic E-state index is 13.4. The van der Waals surface area contributed by atoms with Gasteiger partial charge < -0.3 is 5.32 Å². The molecular formula is C12H16FNS. The SMILES string of the molecule is CNC1CCCC1Sc1ccccc1F. The van der Waals surface area contributed by atoms with E-state index in [2.05, 4.69) is 5.32 Å². The van der Waals surface area contributed by atoms with Crippen LogP contribution in [0.5, 0.6) is 0 Å². The van der Waals surface area contributed by atoms with Crippen molar-refractivity contribution in [2.75, 3.05) is 7.05 Å². The van der Waals surface area contributed by atoms with Gasteiger partial charge in [0, 0.05) is 16.2 Å². The van der Waals surface area contributed by atoms with Crippen LogP contribution in [0.3, 0.4) is 0 Å². The van der Waals surface area contributed by atoms with Crippen LogP contribution in [0.15, 0.2) is 29.2 Å². The molecule has 1 aliphatic rings. The van der Waals surface area contributed by atoms with Crippen molar-refractivity contribution in [2.24, 2.45) is 0 Å². The number of thioether (sulfide) groups is 1. The van der Waals surface area contributed by atoms with E-state index in [4.69, 9.17) is 0 Å². The molecule has 2 atom stereocenters. The average molecular weight is 225 g/mol. The zero-order valence-corrected chi connectivity index (χ0v) is 9.69. The summed E-state index contributed by atoms with van der Waals surface area (Å²) in [5, 5.41) is 3.83. The van der Waals surface area contributed by atoms with Crippen molar-refractivity contribution < 1.29 is 4.39 Å². The Bertz CT molecular complexity index is 329. The van der Waals surface area contributed by atoms with Crippen LogP contribution in [-0.4, -0.2) is 18.3 Å². The summed E-state index contributed by atoms with van der Waals surface area (Å²) in [6, 6.07) is 7.57. The molecule has 0 bridgehead atoms. The number of hydrogen-bond acceptors (Lipinski definition) is 2. The summed E-state index contributed by atoms with van der Waals surface area (Å²) >= 11 is 1.67. The van der Waals surface area contributed by atoms with E-state index in [9.17, 15) is 4.39 Å². The highest BCUT2D eigenvalue weighted by atomic mass is 32.2. The molecule has 3 heteroatoms. The van der Waals surface area contributed by atoms with Crippen molar-refractivity contribution in [1.82, 2.24) is 5.32 Å². The Morgan fingerprint density at radius 1 is 1.33 bits per heavy atom. The lowest BCUT2D eigenvalue weighted by Crippen LogP contribution is -2.30. The van der Waals surface area contributed by atoms with Gasteiger partial charge in [0.05, 0.1) is 0 Å². The molecule has 1 N–H and O–H groups in total. The topological polar surface area (TPSA) is 12.0 Å². The summed E-state index contributed by atoms with van der Waals surface area (Å²) < 4.78 is 13.4. The van der Waals surface area contributed by atoms with Crippen LogP contribution in [-0.2, 0) is 0 Å². The summed E-state index contributed by atoms with van der Waals surface area (Å²) in [5.74, 6) is -0.0933. The second kappa shape index (κ2) is 4.99. The van der Waals surface area contributed by atoms with Gasteiger partial charge in [0.2, 0.25) is 0 Å². The average Bonchev–Trinajstić information content (AvgIpc) is 2.69. The fourth-order valence-corrected chi connectivity index (χ4v) is 3.49. The van der Waals surface area contributed by atoms with Crippen molar-refractivity contribution in [3.63, 3.8) is 0 Å². The zero-order valence-electron chi connectivity index (χ0n) is 8.87. The van der Waals surface area contributed by atoms with Crippen LogP contribution in [0.4, 0.5) is 4.39 Å². The summed E-state index contributed by atoms with van der Waals surface area (Å²) in [5.41, 5.74) is 0. The van der Waals surface area contributed by atoms with Crippen molar-refractivity contribution in [1.29, 1.82) is 0 Å². The van der Waals surface area contributed by atoms with Gasteiger partial charge in [-0.3, -0.25) is 0 Å². The van der Waals surface area contributed by atoms with Crippen LogP contribution >= 0.6 is 11.8 Å². The Balaban J connectivity index is 2.05. The molecule has 15 heavy (non-hydrogen) atoms. The van der Waals surface area contributed by atoms with Gasteiger partial charge in [0.15, 0.2) is 0 Å². The number of halogens is 1. The third-order valence-electron chi connectivity index (χ3n) is 2.94. The molecule has 1 saturated carbocycles. The number of nitrogens with one attached hydrogen (secondary N) is 1. The van der Waals surface area contributed by atoms with E-state index in [1.807, 2.05) is 19.2 Å². The standard InChI is InChI=1S/C12H16FNS/c1-14-10-6-4-8-12(10)15-11-7-3-2-5-9(11)13/h2-3,5,7,10,12,14H,4,6,8H2,1H3. The fourth-order valence-electron chi connectivity index (χ4n) is 2.10. The lowest BCUT2D eigenvalue weighted by atomic mass is 10.2. The number of rotatable bonds is 3. The zero-order chi connectivity index (χ0) is 10.7. The minimum absolute atomic E-state index is 0.0933. The molecule has 1 aromatic carbocycles. The van der Waals surface area contributed by atoms with E-state index in [1.54, 1.807) is 17.8 Å².